The number of para-hydroxylation sites is 2. The maximum absolute atomic E-state index is 6.65. The molecule has 10 aromatic carbocycles. The van der Waals surface area contributed by atoms with Gasteiger partial charge in [0.15, 0.2) is 0 Å². The first-order valence-corrected chi connectivity index (χ1v) is 23.7. The third kappa shape index (κ3) is 4.51. The van der Waals surface area contributed by atoms with Gasteiger partial charge in [0.2, 0.25) is 0 Å². The molecule has 4 aromatic heterocycles. The fourth-order valence-electron chi connectivity index (χ4n) is 11.6. The molecule has 0 atom stereocenters. The van der Waals surface area contributed by atoms with E-state index in [1.54, 1.807) is 0 Å². The highest BCUT2D eigenvalue weighted by Crippen LogP contribution is 2.53. The van der Waals surface area contributed by atoms with E-state index in [4.69, 9.17) is 8.83 Å². The Hall–Kier alpha value is -7.84. The van der Waals surface area contributed by atoms with Gasteiger partial charge in [-0.25, -0.2) is 0 Å². The van der Waals surface area contributed by atoms with Crippen LogP contribution >= 0.6 is 22.7 Å². The highest BCUT2D eigenvalue weighted by molar-refractivity contribution is 7.26. The maximum atomic E-state index is 6.65. The number of nitrogens with zero attached hydrogens (tertiary/aromatic N) is 2. The number of benzene rings is 10. The molecule has 0 fully saturated rings. The number of fused-ring (bicyclic) bond motifs is 18. The van der Waals surface area contributed by atoms with Gasteiger partial charge in [-0.2, -0.15) is 0 Å². The Morgan fingerprint density at radius 3 is 1.42 bits per heavy atom. The molecule has 0 bridgehead atoms. The Morgan fingerprint density at radius 1 is 0.338 bits per heavy atom. The molecule has 65 heavy (non-hydrogen) atoms. The molecule has 4 nitrogen and oxygen atoms in total. The molecule has 0 spiro atoms. The second kappa shape index (κ2) is 12.5. The van der Waals surface area contributed by atoms with Crippen LogP contribution in [-0.4, -0.2) is 6.71 Å². The zero-order valence-corrected chi connectivity index (χ0v) is 36.1. The van der Waals surface area contributed by atoms with Crippen LogP contribution in [0.15, 0.2) is 197 Å². The lowest BCUT2D eigenvalue weighted by Crippen LogP contribution is -2.61. The van der Waals surface area contributed by atoms with Crippen molar-refractivity contribution >= 4 is 175 Å². The van der Waals surface area contributed by atoms with Crippen LogP contribution in [0, 0.1) is 0 Å². The van der Waals surface area contributed by atoms with E-state index in [1.807, 2.05) is 22.7 Å². The van der Waals surface area contributed by atoms with Gasteiger partial charge in [-0.05, 0) is 101 Å². The minimum Gasteiger partial charge on any atom is -0.456 e. The third-order valence-electron chi connectivity index (χ3n) is 14.2. The number of hydrogen-bond acceptors (Lipinski definition) is 6. The van der Waals surface area contributed by atoms with Gasteiger partial charge in [0.1, 0.15) is 22.3 Å². The van der Waals surface area contributed by atoms with Crippen molar-refractivity contribution in [3.63, 3.8) is 0 Å². The number of rotatable bonds is 2. The van der Waals surface area contributed by atoms with Gasteiger partial charge in [0.05, 0.1) is 27.8 Å². The van der Waals surface area contributed by atoms with Gasteiger partial charge >= 0.3 is 0 Å². The van der Waals surface area contributed by atoms with Crippen LogP contribution < -0.4 is 26.2 Å². The summed E-state index contributed by atoms with van der Waals surface area (Å²) >= 11 is 3.78. The van der Waals surface area contributed by atoms with Crippen molar-refractivity contribution in [2.24, 2.45) is 0 Å². The van der Waals surface area contributed by atoms with E-state index in [9.17, 15) is 0 Å². The smallest absolute Gasteiger partial charge is 0.252 e. The van der Waals surface area contributed by atoms with E-state index in [2.05, 4.69) is 198 Å². The lowest BCUT2D eigenvalue weighted by atomic mass is 9.33. The Morgan fingerprint density at radius 2 is 0.815 bits per heavy atom. The van der Waals surface area contributed by atoms with E-state index in [-0.39, 0.29) is 6.71 Å². The first-order valence-electron chi connectivity index (χ1n) is 22.1. The van der Waals surface area contributed by atoms with Gasteiger partial charge in [-0.15, -0.1) is 22.7 Å². The molecule has 300 valence electrons. The number of anilines is 6. The zero-order valence-electron chi connectivity index (χ0n) is 34.5. The molecule has 0 N–H and O–H groups in total. The Balaban J connectivity index is 1.12. The lowest BCUT2D eigenvalue weighted by Gasteiger charge is -2.45. The summed E-state index contributed by atoms with van der Waals surface area (Å²) in [7, 11) is 0. The maximum Gasteiger partial charge on any atom is 0.252 e. The van der Waals surface area contributed by atoms with E-state index in [1.165, 1.54) is 90.3 Å². The highest BCUT2D eigenvalue weighted by atomic mass is 32.1. The van der Waals surface area contributed by atoms with E-state index >= 15 is 0 Å². The molecule has 0 aliphatic carbocycles. The topological polar surface area (TPSA) is 32.8 Å². The zero-order chi connectivity index (χ0) is 42.1. The molecule has 16 rings (SSSR count). The Bertz CT molecular complexity index is 4410. The quantitative estimate of drug-likeness (QED) is 0.162. The molecule has 2 aliphatic heterocycles. The highest BCUT2D eigenvalue weighted by Gasteiger charge is 2.45. The molecular formula is C58H31BN2O2S2. The number of hydrogen-bond donors (Lipinski definition) is 0. The van der Waals surface area contributed by atoms with Crippen molar-refractivity contribution < 1.29 is 8.83 Å². The number of thiophene rings is 2. The van der Waals surface area contributed by atoms with Crippen LogP contribution in [0.5, 0.6) is 0 Å². The second-order valence-corrected chi connectivity index (χ2v) is 19.7. The van der Waals surface area contributed by atoms with Crippen molar-refractivity contribution in [3.05, 3.63) is 188 Å². The summed E-state index contributed by atoms with van der Waals surface area (Å²) in [5.41, 5.74) is 14.4. The van der Waals surface area contributed by atoms with Crippen molar-refractivity contribution in [2.45, 2.75) is 0 Å². The summed E-state index contributed by atoms with van der Waals surface area (Å²) in [6.07, 6.45) is 0. The minimum absolute atomic E-state index is 0.0769. The average molecular weight is 863 g/mol. The SMILES string of the molecule is c1ccc2c3c4c(cc2c1)N(c1cccc2oc5ccccc5c12)c1cc2c(cc1B4c1cc4sc5ccccc5c4cc1N3c1cccc3oc4ccccc4c13)sc1ccccc12. The van der Waals surface area contributed by atoms with Crippen LogP contribution in [0.4, 0.5) is 34.1 Å². The molecule has 6 heterocycles. The van der Waals surface area contributed by atoms with Crippen LogP contribution in [0.25, 0.3) is 95.0 Å². The van der Waals surface area contributed by atoms with E-state index < -0.39 is 0 Å². The molecule has 0 saturated carbocycles. The predicted octanol–water partition coefficient (Wildman–Crippen LogP) is 15.5. The average Bonchev–Trinajstić information content (AvgIpc) is 4.12. The normalized spacial score (nSPS) is 13.4. The van der Waals surface area contributed by atoms with E-state index in [0.29, 0.717) is 0 Å². The predicted molar refractivity (Wildman–Crippen MR) is 278 cm³/mol. The largest absolute Gasteiger partial charge is 0.456 e. The minimum atomic E-state index is -0.0769. The molecule has 7 heteroatoms. The monoisotopic (exact) mass is 862 g/mol. The summed E-state index contributed by atoms with van der Waals surface area (Å²) in [6, 6.07) is 69.3. The van der Waals surface area contributed by atoms with Gasteiger partial charge in [0.25, 0.3) is 6.71 Å². The molecule has 2 aliphatic rings. The van der Waals surface area contributed by atoms with Crippen LogP contribution in [0.2, 0.25) is 0 Å². The summed E-state index contributed by atoms with van der Waals surface area (Å²) in [5, 5.41) is 12.0. The standard InChI is InChI=1S/C58H31BN2O2S2/c1-2-14-33-32(13-1)27-46-57-58(33)61(43-20-12-24-50-56(43)37-18-4-8-22-48(37)63-50)45-29-39-35-16-6-10-26-52(35)65-54(39)31-41(45)59(57)40-30-53-38(34-15-5-9-25-51(34)64-53)28-44(40)60(46)42-19-11-23-49-55(42)36-17-3-7-21-47(36)62-49/h1-31H. The van der Waals surface area contributed by atoms with Gasteiger partial charge in [0, 0.05) is 73.6 Å². The first-order chi connectivity index (χ1) is 32.2. The summed E-state index contributed by atoms with van der Waals surface area (Å²) in [4.78, 5) is 5.17. The number of furan rings is 2. The Labute approximate surface area is 379 Å². The van der Waals surface area contributed by atoms with Crippen LogP contribution in [0.3, 0.4) is 0 Å². The van der Waals surface area contributed by atoms with Crippen molar-refractivity contribution in [2.75, 3.05) is 9.80 Å². The second-order valence-electron chi connectivity index (χ2n) is 17.5. The Kier molecular flexibility index (Phi) is 6.63. The van der Waals surface area contributed by atoms with E-state index in [0.717, 1.165) is 55.3 Å². The van der Waals surface area contributed by atoms with Crippen LogP contribution in [-0.2, 0) is 0 Å². The van der Waals surface area contributed by atoms with Gasteiger partial charge in [-0.1, -0.05) is 109 Å². The molecule has 14 aromatic rings. The van der Waals surface area contributed by atoms with Gasteiger partial charge in [-0.3, -0.25) is 0 Å². The third-order valence-corrected chi connectivity index (χ3v) is 16.5. The molecule has 0 saturated heterocycles. The fourth-order valence-corrected chi connectivity index (χ4v) is 13.8. The van der Waals surface area contributed by atoms with Crippen molar-refractivity contribution in [1.82, 2.24) is 0 Å². The molecular weight excluding hydrogens is 832 g/mol. The molecule has 0 unspecified atom stereocenters. The summed E-state index contributed by atoms with van der Waals surface area (Å²) < 4.78 is 18.5. The van der Waals surface area contributed by atoms with Crippen molar-refractivity contribution in [1.29, 1.82) is 0 Å². The molecule has 0 radical (unpaired) electrons. The van der Waals surface area contributed by atoms with Crippen molar-refractivity contribution in [3.8, 4) is 0 Å². The first kappa shape index (κ1) is 34.6. The van der Waals surface area contributed by atoms with Crippen LogP contribution in [0.1, 0.15) is 0 Å². The molecule has 0 amide bonds. The fraction of sp³-hybridized carbons (Fsp3) is 0. The lowest BCUT2D eigenvalue weighted by molar-refractivity contribution is 0.668. The summed E-state index contributed by atoms with van der Waals surface area (Å²) in [6.45, 7) is -0.0769. The summed E-state index contributed by atoms with van der Waals surface area (Å²) in [5.74, 6) is 0. The van der Waals surface area contributed by atoms with Gasteiger partial charge < -0.3 is 18.6 Å².